The van der Waals surface area contributed by atoms with Crippen molar-refractivity contribution in [2.75, 3.05) is 25.1 Å². The molecule has 30 heavy (non-hydrogen) atoms. The summed E-state index contributed by atoms with van der Waals surface area (Å²) >= 11 is 0. The number of aromatic nitrogens is 2. The van der Waals surface area contributed by atoms with Crippen LogP contribution in [0.25, 0.3) is 11.3 Å². The van der Waals surface area contributed by atoms with Gasteiger partial charge in [0.1, 0.15) is 11.5 Å². The smallest absolute Gasteiger partial charge is 0.433 e. The van der Waals surface area contributed by atoms with Crippen LogP contribution in [-0.2, 0) is 6.18 Å². The van der Waals surface area contributed by atoms with E-state index in [4.69, 9.17) is 4.74 Å². The molecule has 164 valence electrons. The first-order chi connectivity index (χ1) is 13.9. The van der Waals surface area contributed by atoms with Crippen LogP contribution in [0.1, 0.15) is 36.2 Å². The monoisotopic (exact) mass is 431 g/mol. The summed E-state index contributed by atoms with van der Waals surface area (Å²) in [5.41, 5.74) is -0.852. The van der Waals surface area contributed by atoms with Crippen molar-refractivity contribution < 1.29 is 26.7 Å². The van der Waals surface area contributed by atoms with Crippen LogP contribution in [-0.4, -0.2) is 36.1 Å². The van der Waals surface area contributed by atoms with E-state index in [-0.39, 0.29) is 54.3 Å². The Kier molecular flexibility index (Phi) is 5.79. The lowest BCUT2D eigenvalue weighted by Gasteiger charge is -2.26. The molecule has 10 heteroatoms. The molecule has 5 nitrogen and oxygen atoms in total. The highest BCUT2D eigenvalue weighted by molar-refractivity contribution is 5.78. The van der Waals surface area contributed by atoms with Crippen molar-refractivity contribution in [3.05, 3.63) is 39.3 Å². The van der Waals surface area contributed by atoms with Gasteiger partial charge in [-0.1, -0.05) is 0 Å². The van der Waals surface area contributed by atoms with Crippen molar-refractivity contribution in [1.82, 2.24) is 9.97 Å². The molecule has 3 heterocycles. The van der Waals surface area contributed by atoms with Gasteiger partial charge in [-0.2, -0.15) is 13.2 Å². The average Bonchev–Trinajstić information content (AvgIpc) is 2.80. The first-order valence-corrected chi connectivity index (χ1v) is 9.43. The van der Waals surface area contributed by atoms with Crippen LogP contribution in [0.2, 0.25) is 0 Å². The number of nitrogens with zero attached hydrogens (tertiary/aromatic N) is 2. The Morgan fingerprint density at radius 3 is 2.50 bits per heavy atom. The summed E-state index contributed by atoms with van der Waals surface area (Å²) in [6, 6.07) is 2.57. The summed E-state index contributed by atoms with van der Waals surface area (Å²) in [7, 11) is 1.28. The number of pyridine rings is 2. The summed E-state index contributed by atoms with van der Waals surface area (Å²) in [6.45, 7) is 2.85. The third kappa shape index (κ3) is 4.41. The summed E-state index contributed by atoms with van der Waals surface area (Å²) in [6.07, 6.45) is -5.45. The Hall–Kier alpha value is -2.65. The molecule has 2 aromatic heterocycles. The Morgan fingerprint density at radius 2 is 1.87 bits per heavy atom. The first kappa shape index (κ1) is 22.0. The summed E-state index contributed by atoms with van der Waals surface area (Å²) < 4.78 is 73.4. The Labute approximate surface area is 169 Å². The SMILES string of the molecule is COc1c(-c2cc(C)c(C(F)(F)F)nc2N2CCCC(F)(F)CC2)[nH]c(C)cc1=O. The molecular weight excluding hydrogens is 409 g/mol. The van der Waals surface area contributed by atoms with Crippen LogP contribution < -0.4 is 15.1 Å². The van der Waals surface area contributed by atoms with Crippen LogP contribution in [0.3, 0.4) is 0 Å². The highest BCUT2D eigenvalue weighted by atomic mass is 19.4. The Bertz CT molecular complexity index is 1000. The summed E-state index contributed by atoms with van der Waals surface area (Å²) in [5.74, 6) is -3.07. The third-order valence-corrected chi connectivity index (χ3v) is 5.07. The van der Waals surface area contributed by atoms with E-state index in [2.05, 4.69) is 9.97 Å². The molecule has 0 aromatic carbocycles. The van der Waals surface area contributed by atoms with Gasteiger partial charge in [-0.05, 0) is 31.9 Å². The van der Waals surface area contributed by atoms with Crippen LogP contribution in [0, 0.1) is 13.8 Å². The summed E-state index contributed by atoms with van der Waals surface area (Å²) in [5, 5.41) is 0. The number of methoxy groups -OCH3 is 1. The number of rotatable bonds is 3. The molecule has 0 aliphatic carbocycles. The quantitative estimate of drug-likeness (QED) is 0.716. The number of anilines is 1. The van der Waals surface area contributed by atoms with E-state index in [0.717, 1.165) is 0 Å². The maximum atomic E-state index is 13.8. The lowest BCUT2D eigenvalue weighted by molar-refractivity contribution is -0.141. The number of H-pyrrole nitrogens is 1. The normalized spacial score (nSPS) is 17.0. The largest absolute Gasteiger partial charge is 0.491 e. The first-order valence-electron chi connectivity index (χ1n) is 9.43. The van der Waals surface area contributed by atoms with Crippen molar-refractivity contribution in [2.24, 2.45) is 0 Å². The van der Waals surface area contributed by atoms with Crippen molar-refractivity contribution in [2.45, 2.75) is 45.2 Å². The number of ether oxygens (including phenoxy) is 1. The minimum absolute atomic E-state index is 0.0806. The van der Waals surface area contributed by atoms with E-state index in [9.17, 15) is 26.7 Å². The molecule has 1 aliphatic rings. The highest BCUT2D eigenvalue weighted by Crippen LogP contribution is 2.40. The molecule has 0 atom stereocenters. The zero-order valence-corrected chi connectivity index (χ0v) is 16.8. The molecule has 0 amide bonds. The lowest BCUT2D eigenvalue weighted by Crippen LogP contribution is -2.28. The van der Waals surface area contributed by atoms with E-state index in [1.165, 1.54) is 31.1 Å². The Morgan fingerprint density at radius 1 is 1.17 bits per heavy atom. The van der Waals surface area contributed by atoms with Gasteiger partial charge in [0.25, 0.3) is 0 Å². The minimum Gasteiger partial charge on any atom is -0.491 e. The second kappa shape index (κ2) is 7.88. The number of alkyl halides is 5. The van der Waals surface area contributed by atoms with E-state index in [0.29, 0.717) is 5.69 Å². The number of aromatic amines is 1. The molecule has 1 saturated heterocycles. The van der Waals surface area contributed by atoms with Gasteiger partial charge in [-0.25, -0.2) is 13.8 Å². The second-order valence-electron chi connectivity index (χ2n) is 7.44. The average molecular weight is 431 g/mol. The molecule has 3 rings (SSSR count). The predicted molar refractivity (Wildman–Crippen MR) is 102 cm³/mol. The third-order valence-electron chi connectivity index (χ3n) is 5.07. The van der Waals surface area contributed by atoms with E-state index >= 15 is 0 Å². The van der Waals surface area contributed by atoms with Crippen molar-refractivity contribution in [3.63, 3.8) is 0 Å². The van der Waals surface area contributed by atoms with Gasteiger partial charge >= 0.3 is 6.18 Å². The van der Waals surface area contributed by atoms with E-state index < -0.39 is 29.6 Å². The fourth-order valence-corrected chi connectivity index (χ4v) is 3.66. The fraction of sp³-hybridized carbons (Fsp3) is 0.500. The fourth-order valence-electron chi connectivity index (χ4n) is 3.66. The lowest BCUT2D eigenvalue weighted by atomic mass is 10.0. The van der Waals surface area contributed by atoms with Gasteiger partial charge in [0.15, 0.2) is 5.75 Å². The zero-order valence-electron chi connectivity index (χ0n) is 16.8. The van der Waals surface area contributed by atoms with Gasteiger partial charge in [0.05, 0.1) is 12.8 Å². The van der Waals surface area contributed by atoms with Gasteiger partial charge in [0.2, 0.25) is 11.4 Å². The van der Waals surface area contributed by atoms with E-state index in [1.54, 1.807) is 6.92 Å². The molecule has 1 aliphatic heterocycles. The standard InChI is InChI=1S/C20H22F5N3O2/c1-11-9-13(15-16(30-3)14(29)10-12(2)26-15)18(27-17(11)20(23,24)25)28-7-4-5-19(21,22)6-8-28/h9-10H,4-8H2,1-3H3,(H,26,29). The zero-order chi connectivity index (χ0) is 22.3. The number of hydrogen-bond donors (Lipinski definition) is 1. The molecule has 0 saturated carbocycles. The molecular formula is C20H22F5N3O2. The second-order valence-corrected chi connectivity index (χ2v) is 7.44. The van der Waals surface area contributed by atoms with Crippen molar-refractivity contribution >= 4 is 5.82 Å². The summed E-state index contributed by atoms with van der Waals surface area (Å²) in [4.78, 5) is 20.6. The number of nitrogens with one attached hydrogen (secondary N) is 1. The van der Waals surface area contributed by atoms with Crippen LogP contribution in [0.4, 0.5) is 27.8 Å². The predicted octanol–water partition coefficient (Wildman–Crippen LogP) is 4.71. The van der Waals surface area contributed by atoms with Gasteiger partial charge in [-0.15, -0.1) is 0 Å². The van der Waals surface area contributed by atoms with Crippen molar-refractivity contribution in [3.8, 4) is 17.0 Å². The molecule has 0 spiro atoms. The molecule has 2 aromatic rings. The Balaban J connectivity index is 2.26. The maximum Gasteiger partial charge on any atom is 0.433 e. The molecule has 0 radical (unpaired) electrons. The van der Waals surface area contributed by atoms with E-state index in [1.807, 2.05) is 0 Å². The maximum absolute atomic E-state index is 13.8. The van der Waals surface area contributed by atoms with Gasteiger partial charge in [0, 0.05) is 43.3 Å². The minimum atomic E-state index is -4.71. The van der Waals surface area contributed by atoms with Crippen molar-refractivity contribution in [1.29, 1.82) is 0 Å². The molecule has 1 N–H and O–H groups in total. The highest BCUT2D eigenvalue weighted by Gasteiger charge is 2.38. The number of halogens is 5. The molecule has 0 unspecified atom stereocenters. The molecule has 1 fully saturated rings. The molecule has 0 bridgehead atoms. The number of hydrogen-bond acceptors (Lipinski definition) is 4. The van der Waals surface area contributed by atoms with Crippen LogP contribution >= 0.6 is 0 Å². The van der Waals surface area contributed by atoms with Gasteiger partial charge < -0.3 is 14.6 Å². The van der Waals surface area contributed by atoms with Gasteiger partial charge in [-0.3, -0.25) is 4.79 Å². The van der Waals surface area contributed by atoms with Crippen LogP contribution in [0.5, 0.6) is 5.75 Å². The topological polar surface area (TPSA) is 58.2 Å². The number of aryl methyl sites for hydroxylation is 2. The van der Waals surface area contributed by atoms with Crippen LogP contribution in [0.15, 0.2) is 16.9 Å².